The Balaban J connectivity index is 0.00000220. The summed E-state index contributed by atoms with van der Waals surface area (Å²) in [5.41, 5.74) is 2.41. The van der Waals surface area contributed by atoms with Crippen LogP contribution in [0.25, 0.3) is 0 Å². The van der Waals surface area contributed by atoms with Gasteiger partial charge in [0, 0.05) is 19.3 Å². The van der Waals surface area contributed by atoms with Crippen LogP contribution in [0.15, 0.2) is 34.0 Å². The van der Waals surface area contributed by atoms with Crippen molar-refractivity contribution < 1.29 is 4.42 Å². The summed E-state index contributed by atoms with van der Waals surface area (Å²) in [6, 6.07) is 3.81. The van der Waals surface area contributed by atoms with E-state index in [2.05, 4.69) is 25.8 Å². The fraction of sp³-hybridized carbons (Fsp3) is 0.429. The van der Waals surface area contributed by atoms with Gasteiger partial charge in [0.05, 0.1) is 19.0 Å². The van der Waals surface area contributed by atoms with Crippen molar-refractivity contribution in [1.29, 1.82) is 0 Å². The molecule has 2 aromatic heterocycles. The largest absolute Gasteiger partial charge is 0.467 e. The zero-order valence-electron chi connectivity index (χ0n) is 12.3. The highest BCUT2D eigenvalue weighted by atomic mass is 127. The number of aromatic nitrogens is 2. The van der Waals surface area contributed by atoms with Crippen LogP contribution in [0.1, 0.15) is 23.4 Å². The molecule has 0 saturated carbocycles. The van der Waals surface area contributed by atoms with Crippen LogP contribution < -0.4 is 10.6 Å². The number of furan rings is 1. The van der Waals surface area contributed by atoms with Crippen LogP contribution in [0.2, 0.25) is 0 Å². The molecule has 0 fully saturated rings. The molecule has 7 heteroatoms. The Morgan fingerprint density at radius 2 is 2.29 bits per heavy atom. The van der Waals surface area contributed by atoms with Gasteiger partial charge in [0.1, 0.15) is 5.76 Å². The SMILES string of the molecule is CN=C(NCCCc1cn[nH]c1C)NCc1ccco1.I. The van der Waals surface area contributed by atoms with E-state index in [0.29, 0.717) is 6.54 Å². The van der Waals surface area contributed by atoms with Crippen LogP contribution in [0.5, 0.6) is 0 Å². The van der Waals surface area contributed by atoms with Gasteiger partial charge in [-0.05, 0) is 37.5 Å². The first kappa shape index (κ1) is 17.5. The van der Waals surface area contributed by atoms with Gasteiger partial charge in [-0.25, -0.2) is 0 Å². The molecular formula is C14H22IN5O. The summed E-state index contributed by atoms with van der Waals surface area (Å²) in [5, 5.41) is 13.5. The first-order valence-corrected chi connectivity index (χ1v) is 6.75. The highest BCUT2D eigenvalue weighted by Gasteiger charge is 2.02. The molecule has 0 aliphatic rings. The molecule has 0 atom stereocenters. The zero-order valence-corrected chi connectivity index (χ0v) is 14.7. The van der Waals surface area contributed by atoms with Crippen molar-refractivity contribution in [3.8, 4) is 0 Å². The topological polar surface area (TPSA) is 78.2 Å². The van der Waals surface area contributed by atoms with Gasteiger partial charge in [0.2, 0.25) is 0 Å². The summed E-state index contributed by atoms with van der Waals surface area (Å²) >= 11 is 0. The summed E-state index contributed by atoms with van der Waals surface area (Å²) in [7, 11) is 1.76. The van der Waals surface area contributed by atoms with E-state index in [4.69, 9.17) is 4.42 Å². The van der Waals surface area contributed by atoms with Crippen molar-refractivity contribution in [3.63, 3.8) is 0 Å². The second-order valence-electron chi connectivity index (χ2n) is 4.56. The van der Waals surface area contributed by atoms with E-state index in [1.165, 1.54) is 5.56 Å². The number of aromatic amines is 1. The predicted octanol–water partition coefficient (Wildman–Crippen LogP) is 2.23. The summed E-state index contributed by atoms with van der Waals surface area (Å²) in [6.07, 6.45) is 5.59. The first-order valence-electron chi connectivity index (χ1n) is 6.75. The van der Waals surface area contributed by atoms with E-state index in [1.807, 2.05) is 25.3 Å². The van der Waals surface area contributed by atoms with Gasteiger partial charge in [-0.2, -0.15) is 5.10 Å². The van der Waals surface area contributed by atoms with Gasteiger partial charge in [-0.1, -0.05) is 0 Å². The molecule has 3 N–H and O–H groups in total. The monoisotopic (exact) mass is 403 g/mol. The third-order valence-corrected chi connectivity index (χ3v) is 3.08. The lowest BCUT2D eigenvalue weighted by Gasteiger charge is -2.10. The number of halogens is 1. The van der Waals surface area contributed by atoms with E-state index >= 15 is 0 Å². The second-order valence-corrected chi connectivity index (χ2v) is 4.56. The Morgan fingerprint density at radius 3 is 2.90 bits per heavy atom. The maximum atomic E-state index is 5.26. The van der Waals surface area contributed by atoms with Crippen molar-refractivity contribution in [3.05, 3.63) is 41.6 Å². The average Bonchev–Trinajstić information content (AvgIpc) is 3.10. The lowest BCUT2D eigenvalue weighted by Crippen LogP contribution is -2.37. The summed E-state index contributed by atoms with van der Waals surface area (Å²) in [4.78, 5) is 4.17. The molecule has 0 amide bonds. The molecule has 0 radical (unpaired) electrons. The minimum atomic E-state index is 0. The first-order chi connectivity index (χ1) is 9.79. The van der Waals surface area contributed by atoms with Crippen molar-refractivity contribution >= 4 is 29.9 Å². The number of guanidine groups is 1. The average molecular weight is 403 g/mol. The van der Waals surface area contributed by atoms with Gasteiger partial charge >= 0.3 is 0 Å². The molecule has 0 spiro atoms. The van der Waals surface area contributed by atoms with Crippen LogP contribution in [-0.4, -0.2) is 29.7 Å². The van der Waals surface area contributed by atoms with Crippen LogP contribution in [-0.2, 0) is 13.0 Å². The maximum Gasteiger partial charge on any atom is 0.191 e. The molecule has 0 aliphatic heterocycles. The van der Waals surface area contributed by atoms with Crippen LogP contribution in [0, 0.1) is 6.92 Å². The number of hydrogen-bond acceptors (Lipinski definition) is 3. The highest BCUT2D eigenvalue weighted by molar-refractivity contribution is 14.0. The predicted molar refractivity (Wildman–Crippen MR) is 94.0 cm³/mol. The quantitative estimate of drug-likeness (QED) is 0.299. The second kappa shape index (κ2) is 9.43. The summed E-state index contributed by atoms with van der Waals surface area (Å²) in [5.74, 6) is 1.67. The fourth-order valence-electron chi connectivity index (χ4n) is 1.92. The van der Waals surface area contributed by atoms with Crippen molar-refractivity contribution in [2.24, 2.45) is 4.99 Å². The molecule has 6 nitrogen and oxygen atoms in total. The van der Waals surface area contributed by atoms with Crippen molar-refractivity contribution in [2.45, 2.75) is 26.3 Å². The lowest BCUT2D eigenvalue weighted by molar-refractivity contribution is 0.501. The van der Waals surface area contributed by atoms with E-state index in [9.17, 15) is 0 Å². The van der Waals surface area contributed by atoms with E-state index in [1.54, 1.807) is 13.3 Å². The molecular weight excluding hydrogens is 381 g/mol. The molecule has 21 heavy (non-hydrogen) atoms. The molecule has 0 aromatic carbocycles. The number of aliphatic imine (C=N–C) groups is 1. The Labute approximate surface area is 141 Å². The fourth-order valence-corrected chi connectivity index (χ4v) is 1.92. The molecule has 116 valence electrons. The number of aryl methyl sites for hydroxylation is 2. The number of hydrogen-bond donors (Lipinski definition) is 3. The Bertz CT molecular complexity index is 535. The maximum absolute atomic E-state index is 5.26. The number of H-pyrrole nitrogens is 1. The summed E-state index contributed by atoms with van der Waals surface area (Å²) < 4.78 is 5.26. The Morgan fingerprint density at radius 1 is 1.43 bits per heavy atom. The molecule has 0 saturated heterocycles. The van der Waals surface area contributed by atoms with E-state index < -0.39 is 0 Å². The standard InChI is InChI=1S/C14H21N5O.HI/c1-11-12(9-18-19-11)5-3-7-16-14(15-2)17-10-13-6-4-8-20-13;/h4,6,8-9H,3,5,7,10H2,1-2H3,(H,18,19)(H2,15,16,17);1H. The molecule has 0 aliphatic carbocycles. The van der Waals surface area contributed by atoms with Gasteiger partial charge in [0.25, 0.3) is 0 Å². The Kier molecular flexibility index (Phi) is 7.88. The smallest absolute Gasteiger partial charge is 0.191 e. The third kappa shape index (κ3) is 5.78. The van der Waals surface area contributed by atoms with Crippen molar-refractivity contribution in [2.75, 3.05) is 13.6 Å². The number of nitrogens with one attached hydrogen (secondary N) is 3. The molecule has 0 unspecified atom stereocenters. The molecule has 2 heterocycles. The number of nitrogens with zero attached hydrogens (tertiary/aromatic N) is 2. The third-order valence-electron chi connectivity index (χ3n) is 3.08. The molecule has 0 bridgehead atoms. The molecule has 2 rings (SSSR count). The van der Waals surface area contributed by atoms with Crippen molar-refractivity contribution in [1.82, 2.24) is 20.8 Å². The van der Waals surface area contributed by atoms with Crippen LogP contribution in [0.3, 0.4) is 0 Å². The van der Waals surface area contributed by atoms with E-state index in [0.717, 1.165) is 36.8 Å². The zero-order chi connectivity index (χ0) is 14.2. The molecule has 2 aromatic rings. The van der Waals surface area contributed by atoms with Gasteiger partial charge in [0.15, 0.2) is 5.96 Å². The van der Waals surface area contributed by atoms with Crippen LogP contribution in [0.4, 0.5) is 0 Å². The lowest BCUT2D eigenvalue weighted by atomic mass is 10.1. The van der Waals surface area contributed by atoms with Gasteiger partial charge in [-0.3, -0.25) is 10.1 Å². The minimum absolute atomic E-state index is 0. The normalized spacial score (nSPS) is 11.0. The minimum Gasteiger partial charge on any atom is -0.467 e. The van der Waals surface area contributed by atoms with E-state index in [-0.39, 0.29) is 24.0 Å². The highest BCUT2D eigenvalue weighted by Crippen LogP contribution is 2.05. The number of rotatable bonds is 6. The van der Waals surface area contributed by atoms with Crippen LogP contribution >= 0.6 is 24.0 Å². The van der Waals surface area contributed by atoms with Gasteiger partial charge in [-0.15, -0.1) is 24.0 Å². The summed E-state index contributed by atoms with van der Waals surface area (Å²) in [6.45, 7) is 3.54. The van der Waals surface area contributed by atoms with Gasteiger partial charge < -0.3 is 15.1 Å². The Hall–Kier alpha value is -1.51.